The van der Waals surface area contributed by atoms with Gasteiger partial charge in [-0.15, -0.1) is 0 Å². The van der Waals surface area contributed by atoms with Crippen LogP contribution in [0.15, 0.2) is 24.3 Å². The van der Waals surface area contributed by atoms with Crippen molar-refractivity contribution >= 4 is 5.82 Å². The van der Waals surface area contributed by atoms with Crippen molar-refractivity contribution in [2.75, 3.05) is 5.73 Å². The fourth-order valence-corrected chi connectivity index (χ4v) is 2.43. The second-order valence-electron chi connectivity index (χ2n) is 4.62. The van der Waals surface area contributed by atoms with Crippen molar-refractivity contribution in [2.24, 2.45) is 0 Å². The van der Waals surface area contributed by atoms with Crippen LogP contribution in [0, 0.1) is 0 Å². The van der Waals surface area contributed by atoms with E-state index in [9.17, 15) is 13.2 Å². The summed E-state index contributed by atoms with van der Waals surface area (Å²) in [7, 11) is 0. The lowest BCUT2D eigenvalue weighted by atomic mass is 10.2. The van der Waals surface area contributed by atoms with Crippen LogP contribution in [0.2, 0.25) is 0 Å². The van der Waals surface area contributed by atoms with E-state index in [1.54, 1.807) is 6.07 Å². The maximum absolute atomic E-state index is 12.7. The topological polar surface area (TPSA) is 43.8 Å². The summed E-state index contributed by atoms with van der Waals surface area (Å²) in [4.78, 5) is 0. The number of anilines is 1. The minimum atomic E-state index is -4.36. The van der Waals surface area contributed by atoms with Crippen molar-refractivity contribution in [2.45, 2.75) is 25.4 Å². The summed E-state index contributed by atoms with van der Waals surface area (Å²) in [6, 6.07) is 5.05. The molecule has 0 atom stereocenters. The zero-order valence-electron chi connectivity index (χ0n) is 10.0. The van der Waals surface area contributed by atoms with E-state index in [0.717, 1.165) is 42.7 Å². The van der Waals surface area contributed by atoms with E-state index >= 15 is 0 Å². The second kappa shape index (κ2) is 4.01. The van der Waals surface area contributed by atoms with E-state index in [1.807, 2.05) is 0 Å². The van der Waals surface area contributed by atoms with E-state index in [0.29, 0.717) is 11.5 Å². The lowest BCUT2D eigenvalue weighted by Crippen LogP contribution is -2.08. The Morgan fingerprint density at radius 1 is 1.21 bits per heavy atom. The number of halogens is 3. The average molecular weight is 267 g/mol. The minimum Gasteiger partial charge on any atom is -0.383 e. The van der Waals surface area contributed by atoms with Gasteiger partial charge in [-0.05, 0) is 37.5 Å². The zero-order chi connectivity index (χ0) is 13.6. The molecular weight excluding hydrogens is 255 g/mol. The van der Waals surface area contributed by atoms with Crippen molar-refractivity contribution in [3.8, 4) is 5.69 Å². The maximum atomic E-state index is 12.7. The van der Waals surface area contributed by atoms with Crippen LogP contribution in [0.4, 0.5) is 19.0 Å². The number of aryl methyl sites for hydroxylation is 1. The van der Waals surface area contributed by atoms with Crippen molar-refractivity contribution in [1.82, 2.24) is 9.78 Å². The van der Waals surface area contributed by atoms with Gasteiger partial charge in [-0.2, -0.15) is 18.3 Å². The van der Waals surface area contributed by atoms with E-state index in [2.05, 4.69) is 5.10 Å². The Kier molecular flexibility index (Phi) is 2.55. The molecule has 1 aliphatic rings. The summed E-state index contributed by atoms with van der Waals surface area (Å²) in [5.41, 5.74) is 7.49. The molecule has 100 valence electrons. The fourth-order valence-electron chi connectivity index (χ4n) is 2.43. The molecule has 2 N–H and O–H groups in total. The maximum Gasteiger partial charge on any atom is 0.416 e. The smallest absolute Gasteiger partial charge is 0.383 e. The number of benzene rings is 1. The molecule has 2 aromatic rings. The van der Waals surface area contributed by atoms with E-state index in [4.69, 9.17) is 5.73 Å². The number of hydrogen-bond donors (Lipinski definition) is 1. The highest BCUT2D eigenvalue weighted by atomic mass is 19.4. The van der Waals surface area contributed by atoms with Gasteiger partial charge in [0.1, 0.15) is 5.82 Å². The number of hydrogen-bond acceptors (Lipinski definition) is 2. The third kappa shape index (κ3) is 1.97. The Hall–Kier alpha value is -1.98. The molecule has 0 fully saturated rings. The molecule has 0 saturated carbocycles. The number of nitrogens with zero attached hydrogens (tertiary/aromatic N) is 2. The third-order valence-corrected chi connectivity index (χ3v) is 3.36. The number of aromatic nitrogens is 2. The highest BCUT2D eigenvalue weighted by Gasteiger charge is 2.31. The SMILES string of the molecule is Nc1c2c(nn1-c1cccc(C(F)(F)F)c1)CCC2. The lowest BCUT2D eigenvalue weighted by molar-refractivity contribution is -0.137. The molecule has 0 bridgehead atoms. The lowest BCUT2D eigenvalue weighted by Gasteiger charge is -2.10. The summed E-state index contributed by atoms with van der Waals surface area (Å²) in [6.45, 7) is 0. The minimum absolute atomic E-state index is 0.349. The van der Waals surface area contributed by atoms with Crippen LogP contribution in [-0.2, 0) is 19.0 Å². The predicted octanol–water partition coefficient (Wildman–Crippen LogP) is 2.96. The number of nitrogens with two attached hydrogens (primary N) is 1. The van der Waals surface area contributed by atoms with Gasteiger partial charge < -0.3 is 5.73 Å². The highest BCUT2D eigenvalue weighted by Crippen LogP contribution is 2.32. The Bertz CT molecular complexity index is 629. The van der Waals surface area contributed by atoms with Gasteiger partial charge in [0.25, 0.3) is 0 Å². The average Bonchev–Trinajstić information content (AvgIpc) is 2.92. The summed E-state index contributed by atoms with van der Waals surface area (Å²) in [5.74, 6) is 0.451. The Morgan fingerprint density at radius 2 is 2.00 bits per heavy atom. The van der Waals surface area contributed by atoms with E-state index in [-0.39, 0.29) is 0 Å². The zero-order valence-corrected chi connectivity index (χ0v) is 10.0. The molecule has 3 rings (SSSR count). The standard InChI is InChI=1S/C13H12F3N3/c14-13(15,16)8-3-1-4-9(7-8)19-12(17)10-5-2-6-11(10)18-19/h1,3-4,7H,2,5-6,17H2. The number of fused-ring (bicyclic) bond motifs is 1. The first-order valence-corrected chi connectivity index (χ1v) is 6.00. The van der Waals surface area contributed by atoms with Crippen LogP contribution >= 0.6 is 0 Å². The Labute approximate surface area is 107 Å². The van der Waals surface area contributed by atoms with Crippen molar-refractivity contribution in [3.63, 3.8) is 0 Å². The highest BCUT2D eigenvalue weighted by molar-refractivity contribution is 5.52. The van der Waals surface area contributed by atoms with Crippen molar-refractivity contribution in [1.29, 1.82) is 0 Å². The third-order valence-electron chi connectivity index (χ3n) is 3.36. The van der Waals surface area contributed by atoms with Gasteiger partial charge in [-0.3, -0.25) is 0 Å². The molecule has 0 amide bonds. The first-order chi connectivity index (χ1) is 8.97. The van der Waals surface area contributed by atoms with Crippen LogP contribution in [0.1, 0.15) is 23.2 Å². The van der Waals surface area contributed by atoms with Crippen molar-refractivity contribution in [3.05, 3.63) is 41.1 Å². The predicted molar refractivity (Wildman–Crippen MR) is 65.0 cm³/mol. The van der Waals surface area contributed by atoms with Crippen molar-refractivity contribution < 1.29 is 13.2 Å². The van der Waals surface area contributed by atoms with Gasteiger partial charge in [0.2, 0.25) is 0 Å². The molecule has 1 aromatic carbocycles. The Morgan fingerprint density at radius 3 is 2.68 bits per heavy atom. The molecule has 0 spiro atoms. The van der Waals surface area contributed by atoms with Gasteiger partial charge in [0, 0.05) is 5.56 Å². The molecule has 1 aromatic heterocycles. The summed E-state index contributed by atoms with van der Waals surface area (Å²) < 4.78 is 39.5. The van der Waals surface area contributed by atoms with Gasteiger partial charge in [0.15, 0.2) is 0 Å². The quantitative estimate of drug-likeness (QED) is 0.863. The van der Waals surface area contributed by atoms with Crippen LogP contribution in [0.3, 0.4) is 0 Å². The summed E-state index contributed by atoms with van der Waals surface area (Å²) >= 11 is 0. The Balaban J connectivity index is 2.08. The van der Waals surface area contributed by atoms with Crippen LogP contribution in [0.5, 0.6) is 0 Å². The monoisotopic (exact) mass is 267 g/mol. The molecule has 0 unspecified atom stereocenters. The summed E-state index contributed by atoms with van der Waals surface area (Å²) in [5, 5.41) is 4.31. The number of nitrogen functional groups attached to an aromatic ring is 1. The molecule has 1 aliphatic carbocycles. The molecule has 0 aliphatic heterocycles. The second-order valence-corrected chi connectivity index (χ2v) is 4.62. The first-order valence-electron chi connectivity index (χ1n) is 6.00. The van der Waals surface area contributed by atoms with Gasteiger partial charge in [-0.25, -0.2) is 4.68 Å². The largest absolute Gasteiger partial charge is 0.416 e. The molecule has 0 radical (unpaired) electrons. The molecule has 0 saturated heterocycles. The molecule has 19 heavy (non-hydrogen) atoms. The number of rotatable bonds is 1. The van der Waals surface area contributed by atoms with Gasteiger partial charge >= 0.3 is 6.18 Å². The van der Waals surface area contributed by atoms with Crippen LogP contribution in [0.25, 0.3) is 5.69 Å². The van der Waals surface area contributed by atoms with E-state index < -0.39 is 11.7 Å². The molecular formula is C13H12F3N3. The van der Waals surface area contributed by atoms with Gasteiger partial charge in [0.05, 0.1) is 16.9 Å². The van der Waals surface area contributed by atoms with Crippen LogP contribution in [-0.4, -0.2) is 9.78 Å². The first kappa shape index (κ1) is 12.1. The fraction of sp³-hybridized carbons (Fsp3) is 0.308. The number of alkyl halides is 3. The van der Waals surface area contributed by atoms with Crippen LogP contribution < -0.4 is 5.73 Å². The van der Waals surface area contributed by atoms with E-state index in [1.165, 1.54) is 10.7 Å². The molecule has 6 heteroatoms. The normalized spacial score (nSPS) is 14.7. The molecule has 3 nitrogen and oxygen atoms in total. The molecule has 1 heterocycles. The van der Waals surface area contributed by atoms with Gasteiger partial charge in [-0.1, -0.05) is 6.07 Å². The summed E-state index contributed by atoms with van der Waals surface area (Å²) in [6.07, 6.45) is -1.67.